The fraction of sp³-hybridized carbons (Fsp3) is 1.00. The first-order valence-corrected chi connectivity index (χ1v) is 7.87. The first-order chi connectivity index (χ1) is 7.50. The van der Waals surface area contributed by atoms with Gasteiger partial charge in [0.25, 0.3) is 0 Å². The number of hydrogen-bond donors (Lipinski definition) is 0. The summed E-state index contributed by atoms with van der Waals surface area (Å²) in [4.78, 5) is 0. The Morgan fingerprint density at radius 2 is 1.50 bits per heavy atom. The van der Waals surface area contributed by atoms with Crippen LogP contribution in [0.25, 0.3) is 0 Å². The summed E-state index contributed by atoms with van der Waals surface area (Å²) in [5.41, 5.74) is 0.834. The van der Waals surface area contributed by atoms with Gasteiger partial charge in [0.2, 0.25) is 0 Å². The van der Waals surface area contributed by atoms with Crippen molar-refractivity contribution in [3.8, 4) is 0 Å². The lowest BCUT2D eigenvalue weighted by atomic mass is 9.48. The molecule has 0 N–H and O–H groups in total. The van der Waals surface area contributed by atoms with E-state index in [4.69, 9.17) is 4.43 Å². The maximum absolute atomic E-state index is 5.82. The summed E-state index contributed by atoms with van der Waals surface area (Å²) in [6, 6.07) is 0. The second-order valence-corrected chi connectivity index (χ2v) is 7.97. The Morgan fingerprint density at radius 3 is 1.88 bits per heavy atom. The molecule has 4 bridgehead atoms. The van der Waals surface area contributed by atoms with Gasteiger partial charge in [-0.25, -0.2) is 0 Å². The average Bonchev–Trinajstić information content (AvgIpc) is 2.13. The largest absolute Gasteiger partial charge is 0.423 e. The summed E-state index contributed by atoms with van der Waals surface area (Å²) in [7, 11) is 0.887. The van der Waals surface area contributed by atoms with Gasteiger partial charge in [-0.05, 0) is 82.0 Å². The second kappa shape index (κ2) is 3.58. The summed E-state index contributed by atoms with van der Waals surface area (Å²) in [6.07, 6.45) is 10.6. The van der Waals surface area contributed by atoms with Crippen molar-refractivity contribution >= 4 is 10.5 Å². The van der Waals surface area contributed by atoms with E-state index in [0.717, 1.165) is 28.2 Å². The molecular formula is C14H26OSi. The van der Waals surface area contributed by atoms with Gasteiger partial charge < -0.3 is 4.43 Å². The van der Waals surface area contributed by atoms with Gasteiger partial charge in [0.1, 0.15) is 10.5 Å². The maximum Gasteiger partial charge on any atom is 0.146 e. The molecule has 2 heteroatoms. The summed E-state index contributed by atoms with van der Waals surface area (Å²) < 4.78 is 5.82. The van der Waals surface area contributed by atoms with Crippen LogP contribution in [-0.4, -0.2) is 16.1 Å². The van der Waals surface area contributed by atoms with Gasteiger partial charge >= 0.3 is 0 Å². The van der Waals surface area contributed by atoms with E-state index in [9.17, 15) is 0 Å². The van der Waals surface area contributed by atoms with Crippen LogP contribution in [0, 0.1) is 23.2 Å². The molecule has 92 valence electrons. The Kier molecular flexibility index (Phi) is 2.53. The van der Waals surface area contributed by atoms with Crippen LogP contribution in [0.2, 0.25) is 0 Å². The molecule has 0 radical (unpaired) electrons. The normalized spacial score (nSPS) is 46.5. The van der Waals surface area contributed by atoms with Crippen molar-refractivity contribution in [2.75, 3.05) is 0 Å². The minimum absolute atomic E-state index is 0.151. The smallest absolute Gasteiger partial charge is 0.146 e. The van der Waals surface area contributed by atoms with E-state index in [1.807, 2.05) is 0 Å². The van der Waals surface area contributed by atoms with Crippen molar-refractivity contribution in [3.63, 3.8) is 0 Å². The Hall–Kier alpha value is 0.177. The summed E-state index contributed by atoms with van der Waals surface area (Å²) in [5.74, 6) is 3.24. The summed E-state index contributed by atoms with van der Waals surface area (Å²) in [6.45, 7) is 4.61. The predicted molar refractivity (Wildman–Crippen MR) is 70.3 cm³/mol. The minimum atomic E-state index is 0.151. The number of rotatable bonds is 3. The van der Waals surface area contributed by atoms with Crippen LogP contribution >= 0.6 is 0 Å². The van der Waals surface area contributed by atoms with Crippen LogP contribution in [-0.2, 0) is 4.43 Å². The van der Waals surface area contributed by atoms with E-state index in [2.05, 4.69) is 13.8 Å². The van der Waals surface area contributed by atoms with Crippen LogP contribution in [0.15, 0.2) is 0 Å². The molecule has 4 saturated carbocycles. The highest BCUT2D eigenvalue weighted by atomic mass is 28.2. The van der Waals surface area contributed by atoms with Gasteiger partial charge in [-0.2, -0.15) is 0 Å². The number of hydrogen-bond acceptors (Lipinski definition) is 1. The lowest BCUT2D eigenvalue weighted by Crippen LogP contribution is -2.49. The van der Waals surface area contributed by atoms with E-state index < -0.39 is 0 Å². The lowest BCUT2D eigenvalue weighted by Gasteiger charge is -2.58. The molecule has 0 unspecified atom stereocenters. The van der Waals surface area contributed by atoms with E-state index in [-0.39, 0.29) is 5.60 Å². The summed E-state index contributed by atoms with van der Waals surface area (Å²) >= 11 is 0. The Balaban J connectivity index is 1.78. The van der Waals surface area contributed by atoms with Gasteiger partial charge in [0.15, 0.2) is 0 Å². The average molecular weight is 238 g/mol. The maximum atomic E-state index is 5.82. The molecule has 4 rings (SSSR count). The molecule has 0 spiro atoms. The monoisotopic (exact) mass is 238 g/mol. The molecule has 0 saturated heterocycles. The minimum Gasteiger partial charge on any atom is -0.423 e. The first-order valence-electron chi connectivity index (χ1n) is 7.05. The molecule has 4 aliphatic rings. The molecule has 16 heavy (non-hydrogen) atoms. The van der Waals surface area contributed by atoms with Crippen molar-refractivity contribution in [2.24, 2.45) is 23.2 Å². The van der Waals surface area contributed by atoms with Crippen LogP contribution in [0.4, 0.5) is 0 Å². The molecule has 0 aliphatic heterocycles. The first kappa shape index (κ1) is 11.3. The molecule has 0 aromatic rings. The Bertz CT molecular complexity index is 249. The van der Waals surface area contributed by atoms with E-state index in [1.165, 1.54) is 25.7 Å². The van der Waals surface area contributed by atoms with Crippen molar-refractivity contribution < 1.29 is 4.43 Å². The van der Waals surface area contributed by atoms with E-state index in [1.54, 1.807) is 19.3 Å². The third-order valence-electron chi connectivity index (χ3n) is 5.52. The van der Waals surface area contributed by atoms with Crippen molar-refractivity contribution in [3.05, 3.63) is 0 Å². The molecule has 1 nitrogen and oxygen atoms in total. The molecule has 4 aliphatic carbocycles. The zero-order chi connectivity index (χ0) is 11.4. The van der Waals surface area contributed by atoms with Crippen molar-refractivity contribution in [1.82, 2.24) is 0 Å². The van der Waals surface area contributed by atoms with Crippen LogP contribution in [0.5, 0.6) is 0 Å². The van der Waals surface area contributed by atoms with Gasteiger partial charge in [0.05, 0.1) is 0 Å². The molecule has 0 aromatic carbocycles. The molecule has 0 aromatic heterocycles. The van der Waals surface area contributed by atoms with E-state index in [0.29, 0.717) is 5.41 Å². The quantitative estimate of drug-likeness (QED) is 0.687. The standard InChI is InChI=1S/C14H26OSi/c1-13(2,15-16)9-14-6-10-3-11(7-14)5-12(4-10)8-14/h10-12H,3-9H2,1-2,16H3. The molecule has 0 heterocycles. The van der Waals surface area contributed by atoms with Crippen LogP contribution in [0.3, 0.4) is 0 Å². The zero-order valence-corrected chi connectivity index (χ0v) is 13.1. The van der Waals surface area contributed by atoms with Gasteiger partial charge in [0, 0.05) is 5.60 Å². The van der Waals surface area contributed by atoms with E-state index >= 15 is 0 Å². The van der Waals surface area contributed by atoms with Gasteiger partial charge in [-0.3, -0.25) is 0 Å². The predicted octanol–water partition coefficient (Wildman–Crippen LogP) is 2.67. The molecule has 0 amide bonds. The topological polar surface area (TPSA) is 9.23 Å². The lowest BCUT2D eigenvalue weighted by molar-refractivity contribution is -0.0867. The highest BCUT2D eigenvalue weighted by molar-refractivity contribution is 5.98. The zero-order valence-electron chi connectivity index (χ0n) is 11.1. The fourth-order valence-corrected chi connectivity index (χ4v) is 5.63. The Labute approximate surface area is 103 Å². The Morgan fingerprint density at radius 1 is 1.06 bits per heavy atom. The third-order valence-corrected chi connectivity index (χ3v) is 6.62. The van der Waals surface area contributed by atoms with Gasteiger partial charge in [-0.1, -0.05) is 0 Å². The van der Waals surface area contributed by atoms with Crippen molar-refractivity contribution in [2.45, 2.75) is 64.4 Å². The van der Waals surface area contributed by atoms with Gasteiger partial charge in [-0.15, -0.1) is 0 Å². The highest BCUT2D eigenvalue weighted by Crippen LogP contribution is 2.62. The summed E-state index contributed by atoms with van der Waals surface area (Å²) in [5, 5.41) is 0. The molecule has 0 atom stereocenters. The van der Waals surface area contributed by atoms with Crippen LogP contribution in [0.1, 0.15) is 58.8 Å². The fourth-order valence-electron chi connectivity index (χ4n) is 5.48. The van der Waals surface area contributed by atoms with Crippen molar-refractivity contribution in [1.29, 1.82) is 0 Å². The van der Waals surface area contributed by atoms with Crippen LogP contribution < -0.4 is 0 Å². The second-order valence-electron chi connectivity index (χ2n) is 7.56. The highest BCUT2D eigenvalue weighted by Gasteiger charge is 2.52. The third kappa shape index (κ3) is 1.88. The molecular weight excluding hydrogens is 212 g/mol. The SMILES string of the molecule is CC(C)(CC12CC3CC(CC(C3)C1)C2)O[SiH3]. The molecule has 4 fully saturated rings.